The minimum atomic E-state index is -2.92. The van der Waals surface area contributed by atoms with E-state index in [-0.39, 0.29) is 12.1 Å². The SMILES string of the molecule is COCOc1cc(B2OC(C)(C)C(C)(C)O2)c2c(P(C)(C)=O)c(F)ccc2c1. The van der Waals surface area contributed by atoms with E-state index in [4.69, 9.17) is 18.8 Å². The van der Waals surface area contributed by atoms with Gasteiger partial charge in [0.05, 0.1) is 16.5 Å². The lowest BCUT2D eigenvalue weighted by Gasteiger charge is -2.32. The highest BCUT2D eigenvalue weighted by Crippen LogP contribution is 2.41. The van der Waals surface area contributed by atoms with Gasteiger partial charge in [0.2, 0.25) is 0 Å². The molecule has 3 rings (SSSR count). The Morgan fingerprint density at radius 2 is 1.71 bits per heavy atom. The van der Waals surface area contributed by atoms with Crippen molar-refractivity contribution in [2.75, 3.05) is 27.2 Å². The Bertz CT molecular complexity index is 937. The van der Waals surface area contributed by atoms with Crippen molar-refractivity contribution in [3.8, 4) is 5.75 Å². The highest BCUT2D eigenvalue weighted by Gasteiger charge is 2.52. The van der Waals surface area contributed by atoms with E-state index in [0.29, 0.717) is 22.0 Å². The molecule has 0 aliphatic carbocycles. The van der Waals surface area contributed by atoms with Crippen LogP contribution in [0.1, 0.15) is 27.7 Å². The van der Waals surface area contributed by atoms with E-state index in [1.165, 1.54) is 13.2 Å². The van der Waals surface area contributed by atoms with Crippen LogP contribution in [0.2, 0.25) is 0 Å². The molecule has 1 saturated heterocycles. The molecule has 0 saturated carbocycles. The molecule has 0 spiro atoms. The second-order valence-corrected chi connectivity index (χ2v) is 11.6. The summed E-state index contributed by atoms with van der Waals surface area (Å²) in [5.41, 5.74) is -0.535. The first-order valence-electron chi connectivity index (χ1n) is 9.16. The highest BCUT2D eigenvalue weighted by atomic mass is 31.2. The molecule has 5 nitrogen and oxygen atoms in total. The molecule has 2 aromatic rings. The van der Waals surface area contributed by atoms with Crippen LogP contribution in [0.25, 0.3) is 10.8 Å². The molecular weight excluding hydrogens is 381 g/mol. The maximum atomic E-state index is 14.8. The van der Waals surface area contributed by atoms with Gasteiger partial charge in [-0.2, -0.15) is 0 Å². The number of hydrogen-bond donors (Lipinski definition) is 0. The second kappa shape index (κ2) is 7.14. The Hall–Kier alpha value is -1.40. The van der Waals surface area contributed by atoms with E-state index in [1.54, 1.807) is 31.5 Å². The van der Waals surface area contributed by atoms with Crippen LogP contribution in [-0.4, -0.2) is 45.6 Å². The van der Waals surface area contributed by atoms with Crippen molar-refractivity contribution in [3.05, 3.63) is 30.1 Å². The second-order valence-electron chi connectivity index (χ2n) is 8.50. The first kappa shape index (κ1) is 21.3. The van der Waals surface area contributed by atoms with Crippen molar-refractivity contribution in [2.24, 2.45) is 0 Å². The number of ether oxygens (including phenoxy) is 2. The Kier molecular flexibility index (Phi) is 5.43. The van der Waals surface area contributed by atoms with Crippen LogP contribution in [0.4, 0.5) is 4.39 Å². The minimum absolute atomic E-state index is 0.0718. The predicted molar refractivity (Wildman–Crippen MR) is 111 cm³/mol. The van der Waals surface area contributed by atoms with Crippen LogP contribution in [0.5, 0.6) is 5.75 Å². The molecule has 0 N–H and O–H groups in total. The van der Waals surface area contributed by atoms with Gasteiger partial charge in [0.25, 0.3) is 0 Å². The van der Waals surface area contributed by atoms with E-state index in [2.05, 4.69) is 0 Å². The van der Waals surface area contributed by atoms with Crippen molar-refractivity contribution in [1.29, 1.82) is 0 Å². The lowest BCUT2D eigenvalue weighted by Crippen LogP contribution is -2.41. The number of rotatable bonds is 5. The van der Waals surface area contributed by atoms with Gasteiger partial charge < -0.3 is 23.3 Å². The molecular formula is C20H27BFO5P. The van der Waals surface area contributed by atoms with Crippen molar-refractivity contribution in [2.45, 2.75) is 38.9 Å². The van der Waals surface area contributed by atoms with E-state index >= 15 is 0 Å². The lowest BCUT2D eigenvalue weighted by atomic mass is 9.76. The zero-order valence-electron chi connectivity index (χ0n) is 17.5. The summed E-state index contributed by atoms with van der Waals surface area (Å²) in [6.07, 6.45) is 0. The van der Waals surface area contributed by atoms with Crippen molar-refractivity contribution >= 4 is 35.8 Å². The van der Waals surface area contributed by atoms with Crippen LogP contribution in [-0.2, 0) is 18.6 Å². The Balaban J connectivity index is 2.29. The third-order valence-corrected chi connectivity index (χ3v) is 6.95. The van der Waals surface area contributed by atoms with Gasteiger partial charge in [-0.05, 0) is 75.5 Å². The largest absolute Gasteiger partial charge is 0.495 e. The summed E-state index contributed by atoms with van der Waals surface area (Å²) in [4.78, 5) is 0. The van der Waals surface area contributed by atoms with Crippen LogP contribution >= 0.6 is 7.14 Å². The average Bonchev–Trinajstić information content (AvgIpc) is 2.78. The fourth-order valence-corrected chi connectivity index (χ4v) is 4.70. The maximum absolute atomic E-state index is 14.8. The number of hydrogen-bond acceptors (Lipinski definition) is 5. The molecule has 1 aliphatic heterocycles. The summed E-state index contributed by atoms with van der Waals surface area (Å²) >= 11 is 0. The van der Waals surface area contributed by atoms with Gasteiger partial charge in [-0.1, -0.05) is 6.07 Å². The Morgan fingerprint density at radius 3 is 2.25 bits per heavy atom. The first-order valence-corrected chi connectivity index (χ1v) is 11.8. The van der Waals surface area contributed by atoms with Crippen LogP contribution < -0.4 is 15.5 Å². The smallest absolute Gasteiger partial charge is 0.468 e. The molecule has 28 heavy (non-hydrogen) atoms. The maximum Gasteiger partial charge on any atom is 0.495 e. The molecule has 1 heterocycles. The third-order valence-electron chi connectivity index (χ3n) is 5.43. The van der Waals surface area contributed by atoms with Crippen molar-refractivity contribution in [1.82, 2.24) is 0 Å². The van der Waals surface area contributed by atoms with Gasteiger partial charge >= 0.3 is 7.12 Å². The van der Waals surface area contributed by atoms with Crippen LogP contribution in [0.3, 0.4) is 0 Å². The van der Waals surface area contributed by atoms with E-state index < -0.39 is 31.3 Å². The fourth-order valence-electron chi connectivity index (χ4n) is 3.32. The zero-order valence-corrected chi connectivity index (χ0v) is 18.4. The molecule has 0 aromatic heterocycles. The summed E-state index contributed by atoms with van der Waals surface area (Å²) in [7, 11) is -2.13. The molecule has 0 unspecified atom stereocenters. The summed E-state index contributed by atoms with van der Waals surface area (Å²) in [6, 6.07) is 6.52. The molecule has 0 atom stereocenters. The normalized spacial score (nSPS) is 18.6. The quantitative estimate of drug-likeness (QED) is 0.431. The van der Waals surface area contributed by atoms with Gasteiger partial charge in [-0.25, -0.2) is 4.39 Å². The van der Waals surface area contributed by atoms with Crippen LogP contribution in [0, 0.1) is 5.82 Å². The lowest BCUT2D eigenvalue weighted by molar-refractivity contribution is 0.00578. The van der Waals surface area contributed by atoms with E-state index in [0.717, 1.165) is 0 Å². The molecule has 1 fully saturated rings. The van der Waals surface area contributed by atoms with Crippen LogP contribution in [0.15, 0.2) is 24.3 Å². The Morgan fingerprint density at radius 1 is 1.11 bits per heavy atom. The molecule has 1 aliphatic rings. The highest BCUT2D eigenvalue weighted by molar-refractivity contribution is 7.70. The number of methoxy groups -OCH3 is 1. The summed E-state index contributed by atoms with van der Waals surface area (Å²) < 4.78 is 50.8. The van der Waals surface area contributed by atoms with Crippen molar-refractivity contribution in [3.63, 3.8) is 0 Å². The van der Waals surface area contributed by atoms with Gasteiger partial charge in [-0.15, -0.1) is 0 Å². The summed E-state index contributed by atoms with van der Waals surface area (Å²) in [5, 5.41) is 1.46. The van der Waals surface area contributed by atoms with E-state index in [1.807, 2.05) is 27.7 Å². The van der Waals surface area contributed by atoms with Gasteiger partial charge in [0.15, 0.2) is 6.79 Å². The topological polar surface area (TPSA) is 54.0 Å². The molecule has 0 bridgehead atoms. The summed E-state index contributed by atoms with van der Waals surface area (Å²) in [5.74, 6) is 0.0443. The van der Waals surface area contributed by atoms with Crippen molar-refractivity contribution < 1.29 is 27.7 Å². The zero-order chi connectivity index (χ0) is 20.9. The Labute approximate surface area is 166 Å². The molecule has 2 aromatic carbocycles. The molecule has 0 radical (unpaired) electrons. The van der Waals surface area contributed by atoms with Gasteiger partial charge in [0, 0.05) is 7.11 Å². The summed E-state index contributed by atoms with van der Waals surface area (Å²) in [6.45, 7) is 11.0. The predicted octanol–water partition coefficient (Wildman–Crippen LogP) is 3.51. The molecule has 8 heteroatoms. The molecule has 0 amide bonds. The van der Waals surface area contributed by atoms with E-state index in [9.17, 15) is 8.96 Å². The number of fused-ring (bicyclic) bond motifs is 1. The fraction of sp³-hybridized carbons (Fsp3) is 0.500. The average molecular weight is 408 g/mol. The monoisotopic (exact) mass is 408 g/mol. The van der Waals surface area contributed by atoms with Gasteiger partial charge in [0.1, 0.15) is 18.7 Å². The van der Waals surface area contributed by atoms with Gasteiger partial charge in [-0.3, -0.25) is 0 Å². The first-order chi connectivity index (χ1) is 12.9. The number of halogens is 1. The standard InChI is InChI=1S/C20H27BFO5P/c1-19(2)20(3,4)27-21(26-19)15-11-14(25-12-24-5)10-13-8-9-16(22)18(17(13)15)28(6,7)23/h8-11H,12H2,1-7H3. The number of benzene rings is 2. The third kappa shape index (κ3) is 3.73. The molecule has 152 valence electrons. The minimum Gasteiger partial charge on any atom is -0.468 e.